The van der Waals surface area contributed by atoms with Crippen LogP contribution < -0.4 is 0 Å². The molecule has 2 nitrogen and oxygen atoms in total. The molecule has 2 atom stereocenters. The molecule has 0 aromatic carbocycles. The molecular formula is C10H12N2. The molecule has 62 valence electrons. The summed E-state index contributed by atoms with van der Waals surface area (Å²) in [6.45, 7) is 4.03. The van der Waals surface area contributed by atoms with Crippen molar-refractivity contribution in [1.29, 1.82) is 0 Å². The Morgan fingerprint density at radius 3 is 1.75 bits per heavy atom. The van der Waals surface area contributed by atoms with Crippen molar-refractivity contribution in [1.82, 2.24) is 0 Å². The summed E-state index contributed by atoms with van der Waals surface area (Å²) >= 11 is 0. The van der Waals surface area contributed by atoms with Crippen LogP contribution in [0.3, 0.4) is 0 Å². The zero-order chi connectivity index (χ0) is 8.55. The molecule has 1 heterocycles. The van der Waals surface area contributed by atoms with Crippen molar-refractivity contribution < 1.29 is 0 Å². The van der Waals surface area contributed by atoms with Crippen LogP contribution >= 0.6 is 0 Å². The van der Waals surface area contributed by atoms with Crippen molar-refractivity contribution in [3.05, 3.63) is 24.3 Å². The predicted molar refractivity (Wildman–Crippen MR) is 52.1 cm³/mol. The van der Waals surface area contributed by atoms with E-state index in [1.807, 2.05) is 26.0 Å². The van der Waals surface area contributed by atoms with Crippen LogP contribution in [0, 0.1) is 0 Å². The fourth-order valence-electron chi connectivity index (χ4n) is 1.46. The van der Waals surface area contributed by atoms with E-state index in [9.17, 15) is 0 Å². The molecule has 0 fully saturated rings. The van der Waals surface area contributed by atoms with Crippen LogP contribution in [-0.4, -0.2) is 23.5 Å². The summed E-state index contributed by atoms with van der Waals surface area (Å²) in [5.74, 6) is 0. The van der Waals surface area contributed by atoms with Gasteiger partial charge in [-0.2, -0.15) is 0 Å². The Labute approximate surface area is 72.4 Å². The molecule has 0 spiro atoms. The lowest BCUT2D eigenvalue weighted by Crippen LogP contribution is -2.29. The maximum Gasteiger partial charge on any atom is 0.0946 e. The molecule has 2 rings (SSSR count). The third kappa shape index (κ3) is 1.13. The lowest BCUT2D eigenvalue weighted by atomic mass is 10.0. The molecule has 0 radical (unpaired) electrons. The largest absolute Gasteiger partial charge is 0.278 e. The van der Waals surface area contributed by atoms with Crippen molar-refractivity contribution in [3.8, 4) is 0 Å². The molecule has 1 aliphatic carbocycles. The van der Waals surface area contributed by atoms with Gasteiger partial charge in [0.2, 0.25) is 0 Å². The summed E-state index contributed by atoms with van der Waals surface area (Å²) in [5, 5.41) is 0. The molecule has 2 unspecified atom stereocenters. The number of aliphatic imine (C=N–C) groups is 2. The molecule has 1 aliphatic heterocycles. The van der Waals surface area contributed by atoms with Crippen LogP contribution in [0.1, 0.15) is 13.8 Å². The van der Waals surface area contributed by atoms with Crippen molar-refractivity contribution >= 4 is 11.4 Å². The van der Waals surface area contributed by atoms with Gasteiger partial charge in [0.15, 0.2) is 0 Å². The molecule has 2 heteroatoms. The lowest BCUT2D eigenvalue weighted by molar-refractivity contribution is 0.695. The summed E-state index contributed by atoms with van der Waals surface area (Å²) in [4.78, 5) is 9.07. The fourth-order valence-corrected chi connectivity index (χ4v) is 1.46. The third-order valence-corrected chi connectivity index (χ3v) is 2.29. The van der Waals surface area contributed by atoms with Gasteiger partial charge in [0.1, 0.15) is 0 Å². The highest BCUT2D eigenvalue weighted by Gasteiger charge is 2.21. The van der Waals surface area contributed by atoms with Crippen molar-refractivity contribution in [2.45, 2.75) is 25.9 Å². The van der Waals surface area contributed by atoms with Gasteiger partial charge < -0.3 is 0 Å². The van der Waals surface area contributed by atoms with Crippen LogP contribution in [-0.2, 0) is 0 Å². The van der Waals surface area contributed by atoms with Crippen LogP contribution in [0.25, 0.3) is 0 Å². The third-order valence-electron chi connectivity index (χ3n) is 2.29. The zero-order valence-corrected chi connectivity index (χ0v) is 7.36. The Hall–Kier alpha value is -1.18. The number of hydrogen-bond acceptors (Lipinski definition) is 2. The number of hydrogen-bond donors (Lipinski definition) is 0. The second kappa shape index (κ2) is 2.70. The van der Waals surface area contributed by atoms with Crippen LogP contribution in [0.4, 0.5) is 0 Å². The summed E-state index contributed by atoms with van der Waals surface area (Å²) in [7, 11) is 0. The Bertz CT molecular complexity index is 276. The van der Waals surface area contributed by atoms with Gasteiger partial charge in [-0.25, -0.2) is 0 Å². The second-order valence-corrected chi connectivity index (χ2v) is 3.18. The molecule has 12 heavy (non-hydrogen) atoms. The first-order valence-electron chi connectivity index (χ1n) is 4.21. The quantitative estimate of drug-likeness (QED) is 0.516. The van der Waals surface area contributed by atoms with E-state index in [-0.39, 0.29) is 12.1 Å². The Morgan fingerprint density at radius 2 is 1.33 bits per heavy atom. The minimum Gasteiger partial charge on any atom is -0.278 e. The number of nitrogens with zero attached hydrogens (tertiary/aromatic N) is 2. The van der Waals surface area contributed by atoms with Gasteiger partial charge >= 0.3 is 0 Å². The maximum absolute atomic E-state index is 4.53. The Balaban J connectivity index is 2.33. The molecule has 0 bridgehead atoms. The van der Waals surface area contributed by atoms with Gasteiger partial charge in [-0.3, -0.25) is 9.98 Å². The number of rotatable bonds is 0. The number of fused-ring (bicyclic) bond motifs is 1. The SMILES string of the molecule is CC1=NC2C=CC=CC2N=C1C. The highest BCUT2D eigenvalue weighted by molar-refractivity contribution is 6.41. The topological polar surface area (TPSA) is 24.7 Å². The van der Waals surface area contributed by atoms with Gasteiger partial charge in [0.05, 0.1) is 23.5 Å². The highest BCUT2D eigenvalue weighted by atomic mass is 15.0. The van der Waals surface area contributed by atoms with Crippen LogP contribution in [0.15, 0.2) is 34.3 Å². The van der Waals surface area contributed by atoms with Gasteiger partial charge in [-0.05, 0) is 13.8 Å². The Kier molecular flexibility index (Phi) is 1.68. The molecular weight excluding hydrogens is 148 g/mol. The molecule has 0 aromatic rings. The lowest BCUT2D eigenvalue weighted by Gasteiger charge is -2.22. The fraction of sp³-hybridized carbons (Fsp3) is 0.400. The summed E-state index contributed by atoms with van der Waals surface area (Å²) < 4.78 is 0. The summed E-state index contributed by atoms with van der Waals surface area (Å²) in [5.41, 5.74) is 2.13. The minimum atomic E-state index is 0.249. The molecule has 0 saturated carbocycles. The van der Waals surface area contributed by atoms with E-state index in [1.165, 1.54) is 0 Å². The summed E-state index contributed by atoms with van der Waals surface area (Å²) in [6, 6.07) is 0.498. The molecule has 2 aliphatic rings. The first kappa shape index (κ1) is 7.47. The highest BCUT2D eigenvalue weighted by Crippen LogP contribution is 2.16. The first-order chi connectivity index (χ1) is 5.77. The van der Waals surface area contributed by atoms with E-state index in [2.05, 4.69) is 22.1 Å². The van der Waals surface area contributed by atoms with Gasteiger partial charge in [0, 0.05) is 0 Å². The average molecular weight is 160 g/mol. The zero-order valence-electron chi connectivity index (χ0n) is 7.36. The summed E-state index contributed by atoms with van der Waals surface area (Å²) in [6.07, 6.45) is 8.27. The standard InChI is InChI=1S/C10H12N2/c1-7-8(2)12-10-6-4-3-5-9(10)11-7/h3-6,9-10H,1-2H3. The first-order valence-corrected chi connectivity index (χ1v) is 4.21. The smallest absolute Gasteiger partial charge is 0.0946 e. The van der Waals surface area contributed by atoms with Crippen molar-refractivity contribution in [2.24, 2.45) is 9.98 Å². The van der Waals surface area contributed by atoms with Gasteiger partial charge in [-0.1, -0.05) is 24.3 Å². The molecule has 0 saturated heterocycles. The van der Waals surface area contributed by atoms with Gasteiger partial charge in [0.25, 0.3) is 0 Å². The molecule has 0 N–H and O–H groups in total. The van der Waals surface area contributed by atoms with E-state index in [0.29, 0.717) is 0 Å². The van der Waals surface area contributed by atoms with Crippen molar-refractivity contribution in [2.75, 3.05) is 0 Å². The van der Waals surface area contributed by atoms with Gasteiger partial charge in [-0.15, -0.1) is 0 Å². The van der Waals surface area contributed by atoms with Crippen LogP contribution in [0.5, 0.6) is 0 Å². The minimum absolute atomic E-state index is 0.249. The average Bonchev–Trinajstić information content (AvgIpc) is 2.07. The molecule has 0 aromatic heterocycles. The van der Waals surface area contributed by atoms with E-state index < -0.39 is 0 Å². The van der Waals surface area contributed by atoms with E-state index in [1.54, 1.807) is 0 Å². The monoisotopic (exact) mass is 160 g/mol. The van der Waals surface area contributed by atoms with Crippen LogP contribution in [0.2, 0.25) is 0 Å². The van der Waals surface area contributed by atoms with E-state index in [0.717, 1.165) is 11.4 Å². The maximum atomic E-state index is 4.53. The normalized spacial score (nSPS) is 32.5. The predicted octanol–water partition coefficient (Wildman–Crippen LogP) is 1.79. The van der Waals surface area contributed by atoms with E-state index >= 15 is 0 Å². The molecule has 0 amide bonds. The Morgan fingerprint density at radius 1 is 0.917 bits per heavy atom. The number of allylic oxidation sites excluding steroid dienone is 2. The van der Waals surface area contributed by atoms with E-state index in [4.69, 9.17) is 0 Å². The van der Waals surface area contributed by atoms with Crippen molar-refractivity contribution in [3.63, 3.8) is 0 Å². The second-order valence-electron chi connectivity index (χ2n) is 3.18.